The summed E-state index contributed by atoms with van der Waals surface area (Å²) in [4.78, 5) is 20.7. The Morgan fingerprint density at radius 2 is 1.77 bits per heavy atom. The van der Waals surface area contributed by atoms with Crippen molar-refractivity contribution in [2.45, 2.75) is 23.8 Å². The van der Waals surface area contributed by atoms with E-state index in [4.69, 9.17) is 9.57 Å². The van der Waals surface area contributed by atoms with Crippen molar-refractivity contribution in [1.29, 1.82) is 5.26 Å². The summed E-state index contributed by atoms with van der Waals surface area (Å²) in [5, 5.41) is 22.9. The summed E-state index contributed by atoms with van der Waals surface area (Å²) in [5.74, 6) is -0.268. The molecule has 35 heavy (non-hydrogen) atoms. The van der Waals surface area contributed by atoms with Crippen LogP contribution in [0.4, 0.5) is 0 Å². The molecule has 0 spiro atoms. The lowest BCUT2D eigenvalue weighted by molar-refractivity contribution is -0.148. The van der Waals surface area contributed by atoms with Crippen LogP contribution in [0.2, 0.25) is 0 Å². The molecule has 11 heteroatoms. The van der Waals surface area contributed by atoms with Gasteiger partial charge in [-0.15, -0.1) is 0 Å². The Balaban J connectivity index is 1.47. The lowest BCUT2D eigenvalue weighted by Gasteiger charge is -2.30. The Hall–Kier alpha value is -3.46. The monoisotopic (exact) mass is 498 g/mol. The van der Waals surface area contributed by atoms with E-state index in [1.807, 2.05) is 0 Å². The van der Waals surface area contributed by atoms with Crippen LogP contribution in [0.25, 0.3) is 0 Å². The molecule has 2 aromatic rings. The molecular weight excluding hydrogens is 472 g/mol. The number of ether oxygens (including phenoxy) is 1. The Bertz CT molecular complexity index is 1220. The first-order valence-electron chi connectivity index (χ1n) is 11.3. The summed E-state index contributed by atoms with van der Waals surface area (Å²) in [6.45, 7) is 2.20. The molecular formula is C24H26N4O6S. The van der Waals surface area contributed by atoms with Gasteiger partial charge >= 0.3 is 0 Å². The SMILES string of the molecule is N#Cc1cccc(C(ON=C2CCN(S(=O)(=O)c3ccc(O)cc3)CC2)C(=O)N2CCOCC2)c1. The summed E-state index contributed by atoms with van der Waals surface area (Å²) >= 11 is 0. The highest BCUT2D eigenvalue weighted by atomic mass is 32.2. The maximum Gasteiger partial charge on any atom is 0.271 e. The van der Waals surface area contributed by atoms with E-state index in [2.05, 4.69) is 11.2 Å². The van der Waals surface area contributed by atoms with Crippen LogP contribution in [-0.4, -0.2) is 73.7 Å². The fourth-order valence-corrected chi connectivity index (χ4v) is 5.38. The van der Waals surface area contributed by atoms with E-state index in [1.54, 1.807) is 29.2 Å². The van der Waals surface area contributed by atoms with Crippen LogP contribution in [0.15, 0.2) is 58.6 Å². The van der Waals surface area contributed by atoms with Crippen LogP contribution < -0.4 is 0 Å². The van der Waals surface area contributed by atoms with Gasteiger partial charge in [0.1, 0.15) is 5.75 Å². The van der Waals surface area contributed by atoms with E-state index < -0.39 is 16.1 Å². The maximum atomic E-state index is 13.2. The molecule has 1 unspecified atom stereocenters. The summed E-state index contributed by atoms with van der Waals surface area (Å²) in [7, 11) is -3.69. The number of phenolic OH excluding ortho intramolecular Hbond substituents is 1. The van der Waals surface area contributed by atoms with Crippen LogP contribution in [-0.2, 0) is 24.4 Å². The third kappa shape index (κ3) is 5.79. The number of hydrogen-bond acceptors (Lipinski definition) is 8. The third-order valence-corrected chi connectivity index (χ3v) is 7.84. The van der Waals surface area contributed by atoms with Gasteiger partial charge in [0, 0.05) is 44.6 Å². The van der Waals surface area contributed by atoms with Gasteiger partial charge in [0.25, 0.3) is 5.91 Å². The van der Waals surface area contributed by atoms with E-state index in [0.29, 0.717) is 56.0 Å². The minimum atomic E-state index is -3.69. The highest BCUT2D eigenvalue weighted by Crippen LogP contribution is 2.25. The van der Waals surface area contributed by atoms with Gasteiger partial charge in [0.2, 0.25) is 16.1 Å². The van der Waals surface area contributed by atoms with Gasteiger partial charge in [0.05, 0.1) is 35.5 Å². The molecule has 2 aromatic carbocycles. The zero-order valence-electron chi connectivity index (χ0n) is 19.0. The molecule has 0 radical (unpaired) electrons. The van der Waals surface area contributed by atoms with E-state index >= 15 is 0 Å². The van der Waals surface area contributed by atoms with E-state index in [1.165, 1.54) is 28.6 Å². The zero-order chi connectivity index (χ0) is 24.8. The van der Waals surface area contributed by atoms with E-state index in [0.717, 1.165) is 0 Å². The quantitative estimate of drug-likeness (QED) is 0.603. The Morgan fingerprint density at radius 3 is 2.43 bits per heavy atom. The standard InChI is InChI=1S/C24H26N4O6S/c25-17-18-2-1-3-19(16-18)23(24(30)27-12-14-33-15-13-27)34-26-20-8-10-28(11-9-20)35(31,32)22-6-4-21(29)5-7-22/h1-7,16,23,29H,8-15H2. The van der Waals surface area contributed by atoms with Crippen LogP contribution in [0, 0.1) is 11.3 Å². The number of benzene rings is 2. The molecule has 0 aromatic heterocycles. The highest BCUT2D eigenvalue weighted by Gasteiger charge is 2.31. The second-order valence-electron chi connectivity index (χ2n) is 8.22. The average Bonchev–Trinajstić information content (AvgIpc) is 2.90. The van der Waals surface area contributed by atoms with Gasteiger partial charge in [-0.2, -0.15) is 9.57 Å². The van der Waals surface area contributed by atoms with E-state index in [9.17, 15) is 23.6 Å². The highest BCUT2D eigenvalue weighted by molar-refractivity contribution is 7.89. The normalized spacial score (nSPS) is 17.9. The Labute approximate surface area is 204 Å². The van der Waals surface area contributed by atoms with Crippen molar-refractivity contribution in [3.8, 4) is 11.8 Å². The minimum Gasteiger partial charge on any atom is -0.508 e. The molecule has 0 saturated carbocycles. The lowest BCUT2D eigenvalue weighted by Crippen LogP contribution is -2.43. The van der Waals surface area contributed by atoms with Gasteiger partial charge in [-0.25, -0.2) is 8.42 Å². The van der Waals surface area contributed by atoms with Crippen molar-refractivity contribution in [2.75, 3.05) is 39.4 Å². The number of piperidine rings is 1. The first-order chi connectivity index (χ1) is 16.9. The number of carbonyl (C=O) groups is 1. The predicted molar refractivity (Wildman–Crippen MR) is 126 cm³/mol. The number of nitriles is 1. The zero-order valence-corrected chi connectivity index (χ0v) is 19.9. The fraction of sp³-hybridized carbons (Fsp3) is 0.375. The molecule has 2 saturated heterocycles. The van der Waals surface area contributed by atoms with Crippen molar-refractivity contribution in [3.63, 3.8) is 0 Å². The number of amides is 1. The number of phenols is 1. The van der Waals surface area contributed by atoms with Crippen LogP contribution >= 0.6 is 0 Å². The summed E-state index contributed by atoms with van der Waals surface area (Å²) in [5.41, 5.74) is 1.59. The number of morpholine rings is 1. The number of rotatable bonds is 6. The molecule has 1 N–H and O–H groups in total. The molecule has 1 atom stereocenters. The van der Waals surface area contributed by atoms with Crippen LogP contribution in [0.5, 0.6) is 5.75 Å². The number of hydrogen-bond donors (Lipinski definition) is 1. The number of sulfonamides is 1. The summed E-state index contributed by atoms with van der Waals surface area (Å²) < 4.78 is 32.4. The Morgan fingerprint density at radius 1 is 1.09 bits per heavy atom. The molecule has 10 nitrogen and oxygen atoms in total. The van der Waals surface area contributed by atoms with Gasteiger partial charge in [0.15, 0.2) is 0 Å². The van der Waals surface area contributed by atoms with Crippen molar-refractivity contribution < 1.29 is 27.9 Å². The molecule has 0 bridgehead atoms. The lowest BCUT2D eigenvalue weighted by atomic mass is 10.1. The second kappa shape index (κ2) is 10.9. The fourth-order valence-electron chi connectivity index (χ4n) is 3.94. The summed E-state index contributed by atoms with van der Waals surface area (Å²) in [6, 6.07) is 14.2. The maximum absolute atomic E-state index is 13.2. The predicted octanol–water partition coefficient (Wildman–Crippen LogP) is 2.02. The number of oxime groups is 1. The molecule has 2 aliphatic rings. The average molecular weight is 499 g/mol. The Kier molecular flexibility index (Phi) is 7.65. The van der Waals surface area contributed by atoms with Gasteiger partial charge in [-0.05, 0) is 36.4 Å². The van der Waals surface area contributed by atoms with Crippen molar-refractivity contribution in [2.24, 2.45) is 5.16 Å². The van der Waals surface area contributed by atoms with E-state index in [-0.39, 0.29) is 29.6 Å². The van der Waals surface area contributed by atoms with Crippen molar-refractivity contribution in [1.82, 2.24) is 9.21 Å². The molecule has 0 aliphatic carbocycles. The molecule has 1 amide bonds. The first-order valence-corrected chi connectivity index (χ1v) is 12.7. The second-order valence-corrected chi connectivity index (χ2v) is 10.2. The minimum absolute atomic E-state index is 0.00403. The smallest absolute Gasteiger partial charge is 0.271 e. The first kappa shape index (κ1) is 24.7. The number of carbonyl (C=O) groups excluding carboxylic acids is 1. The largest absolute Gasteiger partial charge is 0.508 e. The molecule has 184 valence electrons. The molecule has 2 fully saturated rings. The molecule has 4 rings (SSSR count). The molecule has 2 heterocycles. The molecule has 2 aliphatic heterocycles. The van der Waals surface area contributed by atoms with Gasteiger partial charge < -0.3 is 19.6 Å². The third-order valence-electron chi connectivity index (χ3n) is 5.93. The number of nitrogens with zero attached hydrogens (tertiary/aromatic N) is 4. The van der Waals surface area contributed by atoms with Gasteiger partial charge in [-0.1, -0.05) is 17.3 Å². The van der Waals surface area contributed by atoms with Crippen molar-refractivity contribution >= 4 is 21.6 Å². The summed E-state index contributed by atoms with van der Waals surface area (Å²) in [6.07, 6.45) is -0.310. The van der Waals surface area contributed by atoms with Gasteiger partial charge in [-0.3, -0.25) is 4.79 Å². The van der Waals surface area contributed by atoms with Crippen LogP contribution in [0.1, 0.15) is 30.1 Å². The topological polar surface area (TPSA) is 133 Å². The van der Waals surface area contributed by atoms with Crippen LogP contribution in [0.3, 0.4) is 0 Å². The number of aromatic hydroxyl groups is 1. The van der Waals surface area contributed by atoms with Crippen molar-refractivity contribution in [3.05, 3.63) is 59.7 Å².